The van der Waals surface area contributed by atoms with Crippen molar-refractivity contribution in [2.45, 2.75) is 64.5 Å². The molecule has 0 radical (unpaired) electrons. The Kier molecular flexibility index (Phi) is 3.89. The number of hydrogen-bond donors (Lipinski definition) is 0. The number of fused-ring (bicyclic) bond motifs is 2. The number of amides is 1. The number of aromatic nitrogens is 3. The zero-order valence-corrected chi connectivity index (χ0v) is 15.3. The molecule has 0 bridgehead atoms. The van der Waals surface area contributed by atoms with E-state index in [9.17, 15) is 4.79 Å². The van der Waals surface area contributed by atoms with Crippen LogP contribution in [0.4, 0.5) is 0 Å². The van der Waals surface area contributed by atoms with Crippen molar-refractivity contribution in [2.24, 2.45) is 0 Å². The Morgan fingerprint density at radius 1 is 1.24 bits per heavy atom. The van der Waals surface area contributed by atoms with E-state index in [-0.39, 0.29) is 17.2 Å². The smallest absolute Gasteiger partial charge is 0.230 e. The van der Waals surface area contributed by atoms with Crippen LogP contribution >= 0.6 is 0 Å². The predicted octanol–water partition coefficient (Wildman–Crippen LogP) is 3.04. The molecule has 0 N–H and O–H groups in total. The third-order valence-electron chi connectivity index (χ3n) is 5.88. The van der Waals surface area contributed by atoms with E-state index in [1.807, 2.05) is 4.90 Å². The van der Waals surface area contributed by atoms with Gasteiger partial charge < -0.3 is 9.47 Å². The van der Waals surface area contributed by atoms with Gasteiger partial charge in [0.1, 0.15) is 5.82 Å². The van der Waals surface area contributed by atoms with Crippen molar-refractivity contribution < 1.29 is 4.79 Å². The van der Waals surface area contributed by atoms with Crippen LogP contribution in [0, 0.1) is 0 Å². The van der Waals surface area contributed by atoms with Crippen LogP contribution in [-0.4, -0.2) is 32.1 Å². The maximum absolute atomic E-state index is 13.3. The Morgan fingerprint density at radius 2 is 2.04 bits per heavy atom. The first-order valence-electron chi connectivity index (χ1n) is 9.30. The highest BCUT2D eigenvalue weighted by molar-refractivity contribution is 5.84. The summed E-state index contributed by atoms with van der Waals surface area (Å²) in [7, 11) is 0. The Hall–Kier alpha value is -2.17. The molecular formula is C20H26N4O. The molecule has 2 aromatic rings. The van der Waals surface area contributed by atoms with Crippen LogP contribution in [0.3, 0.4) is 0 Å². The Morgan fingerprint density at radius 3 is 2.84 bits per heavy atom. The van der Waals surface area contributed by atoms with Gasteiger partial charge in [0.2, 0.25) is 5.91 Å². The van der Waals surface area contributed by atoms with Gasteiger partial charge in [-0.05, 0) is 29.4 Å². The fourth-order valence-corrected chi connectivity index (χ4v) is 4.36. The average molecular weight is 338 g/mol. The molecule has 1 aromatic carbocycles. The number of benzene rings is 1. The Bertz CT molecular complexity index is 808. The van der Waals surface area contributed by atoms with Crippen LogP contribution in [0.2, 0.25) is 0 Å². The van der Waals surface area contributed by atoms with Gasteiger partial charge in [-0.1, -0.05) is 45.0 Å². The first-order valence-corrected chi connectivity index (χ1v) is 9.30. The summed E-state index contributed by atoms with van der Waals surface area (Å²) in [5.74, 6) is 2.16. The predicted molar refractivity (Wildman–Crippen MR) is 96.3 cm³/mol. The molecule has 5 nitrogen and oxygen atoms in total. The molecule has 1 aliphatic heterocycles. The molecule has 2 aliphatic rings. The Labute approximate surface area is 149 Å². The van der Waals surface area contributed by atoms with Gasteiger partial charge in [-0.3, -0.25) is 4.79 Å². The molecule has 0 spiro atoms. The van der Waals surface area contributed by atoms with Gasteiger partial charge in [0.05, 0.1) is 12.5 Å². The minimum absolute atomic E-state index is 0.0238. The summed E-state index contributed by atoms with van der Waals surface area (Å²) in [6, 6.07) is 8.47. The van der Waals surface area contributed by atoms with Crippen LogP contribution in [0.15, 0.2) is 24.3 Å². The standard InChI is InChI=1S/C20H26N4O/c1-4-17-21-22-18-13-23(11-12-24(17)18)19(25)15-9-10-20(2,3)16-8-6-5-7-14(15)16/h5-8,15H,4,9-13H2,1-3H3. The molecule has 25 heavy (non-hydrogen) atoms. The van der Waals surface area contributed by atoms with Crippen LogP contribution < -0.4 is 0 Å². The summed E-state index contributed by atoms with van der Waals surface area (Å²) in [4.78, 5) is 15.3. The second-order valence-electron chi connectivity index (χ2n) is 7.86. The van der Waals surface area contributed by atoms with Crippen molar-refractivity contribution >= 4 is 5.91 Å². The molecular weight excluding hydrogens is 312 g/mol. The van der Waals surface area contributed by atoms with Crippen LogP contribution in [-0.2, 0) is 29.7 Å². The van der Waals surface area contributed by atoms with Crippen LogP contribution in [0.25, 0.3) is 0 Å². The molecule has 4 rings (SSSR count). The van der Waals surface area contributed by atoms with Crippen LogP contribution in [0.1, 0.15) is 62.3 Å². The fraction of sp³-hybridized carbons (Fsp3) is 0.550. The van der Waals surface area contributed by atoms with Gasteiger partial charge in [-0.15, -0.1) is 10.2 Å². The van der Waals surface area contributed by atoms with E-state index in [4.69, 9.17) is 0 Å². The third-order valence-corrected chi connectivity index (χ3v) is 5.88. The summed E-state index contributed by atoms with van der Waals surface area (Å²) >= 11 is 0. The minimum atomic E-state index is -0.0238. The molecule has 1 unspecified atom stereocenters. The molecule has 5 heteroatoms. The summed E-state index contributed by atoms with van der Waals surface area (Å²) in [6.07, 6.45) is 2.85. The second-order valence-corrected chi connectivity index (χ2v) is 7.86. The molecule has 1 aromatic heterocycles. The molecule has 1 amide bonds. The lowest BCUT2D eigenvalue weighted by Gasteiger charge is -2.39. The second kappa shape index (κ2) is 5.97. The van der Waals surface area contributed by atoms with Crippen molar-refractivity contribution in [3.05, 3.63) is 47.0 Å². The molecule has 0 saturated carbocycles. The van der Waals surface area contributed by atoms with E-state index in [0.29, 0.717) is 6.54 Å². The number of carbonyl (C=O) groups is 1. The number of carbonyl (C=O) groups excluding carboxylic acids is 1. The van der Waals surface area contributed by atoms with E-state index in [1.165, 1.54) is 11.1 Å². The summed E-state index contributed by atoms with van der Waals surface area (Å²) in [6.45, 7) is 8.78. The highest BCUT2D eigenvalue weighted by Crippen LogP contribution is 2.43. The number of aryl methyl sites for hydroxylation is 1. The van der Waals surface area contributed by atoms with E-state index in [1.54, 1.807) is 0 Å². The van der Waals surface area contributed by atoms with Gasteiger partial charge in [0.15, 0.2) is 5.82 Å². The third kappa shape index (κ3) is 2.66. The number of rotatable bonds is 2. The lowest BCUT2D eigenvalue weighted by atomic mass is 9.68. The molecule has 2 heterocycles. The maximum Gasteiger partial charge on any atom is 0.230 e. The van der Waals surface area contributed by atoms with Crippen molar-refractivity contribution in [2.75, 3.05) is 6.54 Å². The quantitative estimate of drug-likeness (QED) is 0.846. The summed E-state index contributed by atoms with van der Waals surface area (Å²) in [5.41, 5.74) is 2.68. The normalized spacial score (nSPS) is 21.6. The maximum atomic E-state index is 13.3. The first-order chi connectivity index (χ1) is 12.0. The van der Waals surface area contributed by atoms with Crippen molar-refractivity contribution in [3.63, 3.8) is 0 Å². The first kappa shape index (κ1) is 16.3. The molecule has 132 valence electrons. The van der Waals surface area contributed by atoms with Gasteiger partial charge in [-0.2, -0.15) is 0 Å². The van der Waals surface area contributed by atoms with Crippen molar-refractivity contribution in [1.29, 1.82) is 0 Å². The van der Waals surface area contributed by atoms with E-state index in [0.717, 1.165) is 44.0 Å². The monoisotopic (exact) mass is 338 g/mol. The van der Waals surface area contributed by atoms with Gasteiger partial charge in [0.25, 0.3) is 0 Å². The summed E-state index contributed by atoms with van der Waals surface area (Å²) < 4.78 is 2.17. The summed E-state index contributed by atoms with van der Waals surface area (Å²) in [5, 5.41) is 8.54. The highest BCUT2D eigenvalue weighted by Gasteiger charge is 2.38. The van der Waals surface area contributed by atoms with E-state index in [2.05, 4.69) is 59.8 Å². The van der Waals surface area contributed by atoms with E-state index >= 15 is 0 Å². The van der Waals surface area contributed by atoms with Gasteiger partial charge in [-0.25, -0.2) is 0 Å². The molecule has 0 fully saturated rings. The molecule has 0 saturated heterocycles. The lowest BCUT2D eigenvalue weighted by molar-refractivity contribution is -0.134. The zero-order valence-electron chi connectivity index (χ0n) is 15.3. The average Bonchev–Trinajstić information content (AvgIpc) is 3.04. The minimum Gasteiger partial charge on any atom is -0.333 e. The number of hydrogen-bond acceptors (Lipinski definition) is 3. The van der Waals surface area contributed by atoms with Crippen molar-refractivity contribution in [3.8, 4) is 0 Å². The fourth-order valence-electron chi connectivity index (χ4n) is 4.36. The largest absolute Gasteiger partial charge is 0.333 e. The lowest BCUT2D eigenvalue weighted by Crippen LogP contribution is -2.43. The molecule has 1 atom stereocenters. The number of nitrogens with zero attached hydrogens (tertiary/aromatic N) is 4. The van der Waals surface area contributed by atoms with Crippen LogP contribution in [0.5, 0.6) is 0 Å². The zero-order chi connectivity index (χ0) is 17.6. The van der Waals surface area contributed by atoms with Gasteiger partial charge in [0, 0.05) is 19.5 Å². The highest BCUT2D eigenvalue weighted by atomic mass is 16.2. The topological polar surface area (TPSA) is 51.0 Å². The SMILES string of the molecule is CCc1nnc2n1CCN(C(=O)C1CCC(C)(C)c3ccccc31)C2. The molecule has 1 aliphatic carbocycles. The van der Waals surface area contributed by atoms with Crippen molar-refractivity contribution in [1.82, 2.24) is 19.7 Å². The Balaban J connectivity index is 1.60. The van der Waals surface area contributed by atoms with E-state index < -0.39 is 0 Å². The van der Waals surface area contributed by atoms with Gasteiger partial charge >= 0.3 is 0 Å².